The van der Waals surface area contributed by atoms with Crippen LogP contribution in [0.15, 0.2) is 182 Å². The lowest BCUT2D eigenvalue weighted by Gasteiger charge is -2.49. The Morgan fingerprint density at radius 2 is 0.662 bits per heavy atom. The third-order valence-electron chi connectivity index (χ3n) is 11.4. The standard InChI is InChI=1S/C54H58O11/c55-47-48(59-33-41-23-11-3-12-24-41)45(37-57-31-39-19-7-1-8-20-39)64-54(50(47)60-34-42-25-13-4-14-26-42)65-49-46(38-58-32-40-21-9-2-10-22-40)63-53(56)52(62-36-44-29-17-6-18-30-44)51(49)61-35-43-27-15-5-16-28-43/h1-30,45-56H,31-38H2/t45-,46-,47+,48+,49-,50-,51+,52-,53-,54+/m1/s1. The molecule has 2 N–H and O–H groups in total. The lowest BCUT2D eigenvalue weighted by atomic mass is 9.96. The van der Waals surface area contributed by atoms with Crippen LogP contribution in [0.1, 0.15) is 33.4 Å². The molecule has 8 rings (SSSR count). The van der Waals surface area contributed by atoms with E-state index >= 15 is 0 Å². The van der Waals surface area contributed by atoms with E-state index in [0.717, 1.165) is 33.4 Å². The average Bonchev–Trinajstić information content (AvgIpc) is 3.35. The molecule has 2 aliphatic rings. The predicted molar refractivity (Wildman–Crippen MR) is 243 cm³/mol. The van der Waals surface area contributed by atoms with Crippen molar-refractivity contribution in [2.24, 2.45) is 0 Å². The van der Waals surface area contributed by atoms with Crippen molar-refractivity contribution < 1.29 is 52.8 Å². The molecule has 11 heteroatoms. The Kier molecular flexibility index (Phi) is 17.4. The minimum Gasteiger partial charge on any atom is -0.387 e. The Bertz CT molecular complexity index is 2200. The largest absolute Gasteiger partial charge is 0.387 e. The molecule has 2 fully saturated rings. The molecule has 11 nitrogen and oxygen atoms in total. The van der Waals surface area contributed by atoms with Gasteiger partial charge in [0.1, 0.15) is 48.8 Å². The van der Waals surface area contributed by atoms with Gasteiger partial charge in [0.15, 0.2) is 12.6 Å². The van der Waals surface area contributed by atoms with E-state index in [1.807, 2.05) is 182 Å². The van der Waals surface area contributed by atoms with E-state index in [2.05, 4.69) is 0 Å². The Morgan fingerprint density at radius 3 is 1.06 bits per heavy atom. The molecule has 2 heterocycles. The number of aliphatic hydroxyl groups is 2. The van der Waals surface area contributed by atoms with Crippen LogP contribution in [0.5, 0.6) is 0 Å². The fraction of sp³-hybridized carbons (Fsp3) is 0.333. The molecule has 0 bridgehead atoms. The number of hydrogen-bond donors (Lipinski definition) is 2. The summed E-state index contributed by atoms with van der Waals surface area (Å²) < 4.78 is 59.4. The molecule has 0 aromatic heterocycles. The van der Waals surface area contributed by atoms with Crippen LogP contribution in [-0.4, -0.2) is 84.8 Å². The van der Waals surface area contributed by atoms with E-state index < -0.39 is 61.4 Å². The van der Waals surface area contributed by atoms with Gasteiger partial charge >= 0.3 is 0 Å². The molecule has 6 aromatic carbocycles. The van der Waals surface area contributed by atoms with Crippen LogP contribution in [0.25, 0.3) is 0 Å². The molecule has 10 atom stereocenters. The Balaban J connectivity index is 1.12. The first-order chi connectivity index (χ1) is 32.1. The van der Waals surface area contributed by atoms with Gasteiger partial charge in [-0.25, -0.2) is 0 Å². The highest BCUT2D eigenvalue weighted by Crippen LogP contribution is 2.35. The molecule has 0 unspecified atom stereocenters. The first-order valence-corrected chi connectivity index (χ1v) is 22.3. The van der Waals surface area contributed by atoms with Gasteiger partial charge < -0.3 is 52.8 Å². The van der Waals surface area contributed by atoms with E-state index in [-0.39, 0.29) is 46.2 Å². The summed E-state index contributed by atoms with van der Waals surface area (Å²) in [4.78, 5) is 0. The molecule has 0 radical (unpaired) electrons. The fourth-order valence-electron chi connectivity index (χ4n) is 8.04. The summed E-state index contributed by atoms with van der Waals surface area (Å²) in [6, 6.07) is 58.6. The Morgan fingerprint density at radius 1 is 0.338 bits per heavy atom. The summed E-state index contributed by atoms with van der Waals surface area (Å²) in [5.74, 6) is 0. The zero-order chi connectivity index (χ0) is 44.5. The second-order valence-corrected chi connectivity index (χ2v) is 16.2. The molecule has 340 valence electrons. The molecular weight excluding hydrogens is 825 g/mol. The van der Waals surface area contributed by atoms with Gasteiger partial charge in [-0.3, -0.25) is 0 Å². The number of ether oxygens (including phenoxy) is 9. The molecular formula is C54H58O11. The van der Waals surface area contributed by atoms with Crippen LogP contribution in [-0.2, 0) is 82.3 Å². The highest BCUT2D eigenvalue weighted by molar-refractivity contribution is 5.18. The lowest BCUT2D eigenvalue weighted by Crippen LogP contribution is -2.66. The highest BCUT2D eigenvalue weighted by atomic mass is 16.7. The molecule has 0 aliphatic carbocycles. The third-order valence-corrected chi connectivity index (χ3v) is 11.4. The van der Waals surface area contributed by atoms with Crippen molar-refractivity contribution in [3.05, 3.63) is 215 Å². The lowest BCUT2D eigenvalue weighted by molar-refractivity contribution is -0.371. The monoisotopic (exact) mass is 882 g/mol. The second-order valence-electron chi connectivity index (χ2n) is 16.2. The number of benzene rings is 6. The van der Waals surface area contributed by atoms with Gasteiger partial charge in [-0.15, -0.1) is 0 Å². The topological polar surface area (TPSA) is 124 Å². The Hall–Kier alpha value is -5.12. The fourth-order valence-corrected chi connectivity index (χ4v) is 8.04. The van der Waals surface area contributed by atoms with Gasteiger partial charge in [0.05, 0.1) is 52.9 Å². The molecule has 0 amide bonds. The minimum absolute atomic E-state index is 0.0183. The van der Waals surface area contributed by atoms with Gasteiger partial charge in [0.2, 0.25) is 0 Å². The van der Waals surface area contributed by atoms with Crippen LogP contribution >= 0.6 is 0 Å². The maximum absolute atomic E-state index is 12.5. The van der Waals surface area contributed by atoms with Crippen molar-refractivity contribution in [1.82, 2.24) is 0 Å². The van der Waals surface area contributed by atoms with Gasteiger partial charge in [-0.2, -0.15) is 0 Å². The highest BCUT2D eigenvalue weighted by Gasteiger charge is 2.53. The third kappa shape index (κ3) is 13.5. The smallest absolute Gasteiger partial charge is 0.187 e. The summed E-state index contributed by atoms with van der Waals surface area (Å²) in [7, 11) is 0. The first-order valence-electron chi connectivity index (χ1n) is 22.3. The minimum atomic E-state index is -1.41. The molecule has 0 saturated carbocycles. The second kappa shape index (κ2) is 24.4. The summed E-state index contributed by atoms with van der Waals surface area (Å²) in [5.41, 5.74) is 5.59. The maximum Gasteiger partial charge on any atom is 0.187 e. The van der Waals surface area contributed by atoms with Crippen molar-refractivity contribution >= 4 is 0 Å². The van der Waals surface area contributed by atoms with Crippen molar-refractivity contribution in [2.75, 3.05) is 13.2 Å². The van der Waals surface area contributed by atoms with E-state index in [9.17, 15) is 10.2 Å². The van der Waals surface area contributed by atoms with Gasteiger partial charge in [-0.05, 0) is 33.4 Å². The van der Waals surface area contributed by atoms with Crippen LogP contribution in [0.2, 0.25) is 0 Å². The van der Waals surface area contributed by atoms with Crippen LogP contribution in [0.4, 0.5) is 0 Å². The van der Waals surface area contributed by atoms with Crippen LogP contribution < -0.4 is 0 Å². The van der Waals surface area contributed by atoms with Crippen molar-refractivity contribution in [3.8, 4) is 0 Å². The van der Waals surface area contributed by atoms with E-state index in [1.54, 1.807) is 0 Å². The Labute approximate surface area is 381 Å². The number of rotatable bonds is 22. The molecule has 2 aliphatic heterocycles. The van der Waals surface area contributed by atoms with Crippen molar-refractivity contribution in [1.29, 1.82) is 0 Å². The van der Waals surface area contributed by atoms with Crippen molar-refractivity contribution in [2.45, 2.75) is 101 Å². The van der Waals surface area contributed by atoms with E-state index in [0.29, 0.717) is 6.61 Å². The average molecular weight is 883 g/mol. The zero-order valence-electron chi connectivity index (χ0n) is 36.3. The number of hydrogen-bond acceptors (Lipinski definition) is 11. The normalized spacial score (nSPS) is 25.6. The molecule has 0 spiro atoms. The first kappa shape index (κ1) is 46.4. The molecule has 6 aromatic rings. The summed E-state index contributed by atoms with van der Waals surface area (Å²) >= 11 is 0. The number of aliphatic hydroxyl groups excluding tert-OH is 2. The quantitative estimate of drug-likeness (QED) is 0.0691. The van der Waals surface area contributed by atoms with E-state index in [4.69, 9.17) is 42.6 Å². The van der Waals surface area contributed by atoms with Crippen LogP contribution in [0, 0.1) is 0 Å². The molecule has 2 saturated heterocycles. The van der Waals surface area contributed by atoms with Gasteiger partial charge in [-0.1, -0.05) is 182 Å². The maximum atomic E-state index is 12.5. The molecule has 65 heavy (non-hydrogen) atoms. The predicted octanol–water partition coefficient (Wildman–Crippen LogP) is 7.95. The zero-order valence-corrected chi connectivity index (χ0v) is 36.3. The van der Waals surface area contributed by atoms with Gasteiger partial charge in [0, 0.05) is 0 Å². The summed E-state index contributed by atoms with van der Waals surface area (Å²) in [5, 5.41) is 24.3. The summed E-state index contributed by atoms with van der Waals surface area (Å²) in [6.45, 7) is 1.38. The SMILES string of the molecule is O[C@H]1[C@@H](OCc2ccccc2)[C@@H](COCc2ccccc2)O[C@@H](O[C@H]2[C@H](OCc3ccccc3)[C@@H](OCc3ccccc3)[C@H](O)O[C@@H]2COCc2ccccc2)[C@@H]1OCc1ccccc1. The van der Waals surface area contributed by atoms with Crippen molar-refractivity contribution in [3.63, 3.8) is 0 Å². The van der Waals surface area contributed by atoms with Crippen LogP contribution in [0.3, 0.4) is 0 Å². The van der Waals surface area contributed by atoms with Gasteiger partial charge in [0.25, 0.3) is 0 Å². The van der Waals surface area contributed by atoms with E-state index in [1.165, 1.54) is 0 Å². The summed E-state index contributed by atoms with van der Waals surface area (Å²) in [6.07, 6.45) is -10.4.